The Bertz CT molecular complexity index is 632. The molecule has 0 unspecified atom stereocenters. The van der Waals surface area contributed by atoms with E-state index in [-0.39, 0.29) is 11.5 Å². The van der Waals surface area contributed by atoms with Gasteiger partial charge in [0.05, 0.1) is 5.69 Å². The van der Waals surface area contributed by atoms with E-state index in [1.54, 1.807) is 26.1 Å². The quantitative estimate of drug-likeness (QED) is 0.888. The summed E-state index contributed by atoms with van der Waals surface area (Å²) in [6, 6.07) is 4.80. The Balaban J connectivity index is 2.65. The number of carbonyl (C=O) groups is 1. The molecule has 4 nitrogen and oxygen atoms in total. The van der Waals surface area contributed by atoms with Gasteiger partial charge in [0, 0.05) is 12.6 Å². The summed E-state index contributed by atoms with van der Waals surface area (Å²) in [5.41, 5.74) is 2.18. The van der Waals surface area contributed by atoms with Crippen LogP contribution in [-0.4, -0.2) is 20.9 Å². The minimum atomic E-state index is -1.12. The molecule has 0 aliphatic heterocycles. The number of halogens is 1. The summed E-state index contributed by atoms with van der Waals surface area (Å²) in [6.45, 7) is 3.55. The number of nitrogens with zero attached hydrogens (tertiary/aromatic N) is 2. The standard InChI is InChI=1S/C13H13FN2O2/c1-7-4-8(2)12(14)9(5-7)11-6-10(13(17)18)15-16(11)3/h4-6H,1-3H3,(H,17,18). The molecule has 0 fully saturated rings. The molecule has 0 saturated carbocycles. The number of hydrogen-bond acceptors (Lipinski definition) is 2. The van der Waals surface area contributed by atoms with Gasteiger partial charge in [-0.25, -0.2) is 9.18 Å². The number of rotatable bonds is 2. The summed E-state index contributed by atoms with van der Waals surface area (Å²) in [6.07, 6.45) is 0. The van der Waals surface area contributed by atoms with Crippen LogP contribution in [0.15, 0.2) is 18.2 Å². The predicted octanol–water partition coefficient (Wildman–Crippen LogP) is 2.54. The summed E-state index contributed by atoms with van der Waals surface area (Å²) in [5, 5.41) is 12.7. The van der Waals surface area contributed by atoms with E-state index in [1.807, 2.05) is 6.92 Å². The van der Waals surface area contributed by atoms with Crippen LogP contribution in [0.5, 0.6) is 0 Å². The molecule has 0 aliphatic rings. The van der Waals surface area contributed by atoms with Gasteiger partial charge >= 0.3 is 5.97 Å². The molecule has 2 aromatic rings. The van der Waals surface area contributed by atoms with Crippen LogP contribution in [0.2, 0.25) is 0 Å². The predicted molar refractivity (Wildman–Crippen MR) is 65.0 cm³/mol. The van der Waals surface area contributed by atoms with E-state index in [2.05, 4.69) is 5.10 Å². The summed E-state index contributed by atoms with van der Waals surface area (Å²) >= 11 is 0. The first kappa shape index (κ1) is 12.3. The lowest BCUT2D eigenvalue weighted by molar-refractivity contribution is 0.0689. The fraction of sp³-hybridized carbons (Fsp3) is 0.231. The third kappa shape index (κ3) is 1.99. The number of benzene rings is 1. The van der Waals surface area contributed by atoms with Crippen molar-refractivity contribution in [3.63, 3.8) is 0 Å². The Kier molecular flexibility index (Phi) is 2.90. The van der Waals surface area contributed by atoms with Crippen molar-refractivity contribution in [2.75, 3.05) is 0 Å². The fourth-order valence-corrected chi connectivity index (χ4v) is 1.96. The van der Waals surface area contributed by atoms with E-state index in [0.717, 1.165) is 5.56 Å². The highest BCUT2D eigenvalue weighted by Crippen LogP contribution is 2.26. The number of carboxylic acids is 1. The topological polar surface area (TPSA) is 55.1 Å². The molecule has 0 atom stereocenters. The Labute approximate surface area is 104 Å². The van der Waals surface area contributed by atoms with Gasteiger partial charge in [-0.05, 0) is 37.1 Å². The van der Waals surface area contributed by atoms with Crippen LogP contribution in [-0.2, 0) is 7.05 Å². The molecule has 0 spiro atoms. The molecule has 1 N–H and O–H groups in total. The highest BCUT2D eigenvalue weighted by Gasteiger charge is 2.16. The molecule has 0 radical (unpaired) electrons. The summed E-state index contributed by atoms with van der Waals surface area (Å²) in [4.78, 5) is 10.8. The normalized spacial score (nSPS) is 10.7. The summed E-state index contributed by atoms with van der Waals surface area (Å²) in [7, 11) is 1.60. The van der Waals surface area contributed by atoms with E-state index in [0.29, 0.717) is 16.8 Å². The van der Waals surface area contributed by atoms with Crippen molar-refractivity contribution >= 4 is 5.97 Å². The maximum absolute atomic E-state index is 14.1. The van der Waals surface area contributed by atoms with Gasteiger partial charge in [0.25, 0.3) is 0 Å². The Morgan fingerprint density at radius 1 is 1.33 bits per heavy atom. The minimum absolute atomic E-state index is 0.0916. The fourth-order valence-electron chi connectivity index (χ4n) is 1.96. The molecule has 1 aromatic carbocycles. The van der Waals surface area contributed by atoms with Crippen molar-refractivity contribution < 1.29 is 14.3 Å². The van der Waals surface area contributed by atoms with Crippen LogP contribution < -0.4 is 0 Å². The number of aromatic nitrogens is 2. The summed E-state index contributed by atoms with van der Waals surface area (Å²) in [5.74, 6) is -1.47. The van der Waals surface area contributed by atoms with E-state index in [4.69, 9.17) is 5.11 Å². The van der Waals surface area contributed by atoms with Crippen LogP contribution in [0.4, 0.5) is 4.39 Å². The molecule has 0 amide bonds. The van der Waals surface area contributed by atoms with E-state index in [9.17, 15) is 9.18 Å². The first-order chi connectivity index (χ1) is 8.40. The van der Waals surface area contributed by atoms with Gasteiger partial charge in [-0.3, -0.25) is 4.68 Å². The highest BCUT2D eigenvalue weighted by molar-refractivity contribution is 5.87. The van der Waals surface area contributed by atoms with Gasteiger partial charge in [-0.1, -0.05) is 6.07 Å². The average Bonchev–Trinajstić information content (AvgIpc) is 2.66. The number of hydrogen-bond donors (Lipinski definition) is 1. The maximum Gasteiger partial charge on any atom is 0.356 e. The molecular weight excluding hydrogens is 235 g/mol. The van der Waals surface area contributed by atoms with Crippen LogP contribution in [0.3, 0.4) is 0 Å². The largest absolute Gasteiger partial charge is 0.476 e. The third-order valence-electron chi connectivity index (χ3n) is 2.77. The lowest BCUT2D eigenvalue weighted by Gasteiger charge is -2.07. The molecule has 5 heteroatoms. The van der Waals surface area contributed by atoms with Gasteiger partial charge in [-0.2, -0.15) is 5.10 Å². The van der Waals surface area contributed by atoms with Crippen molar-refractivity contribution in [2.45, 2.75) is 13.8 Å². The van der Waals surface area contributed by atoms with Gasteiger partial charge < -0.3 is 5.11 Å². The average molecular weight is 248 g/mol. The van der Waals surface area contributed by atoms with Gasteiger partial charge in [0.2, 0.25) is 0 Å². The second kappa shape index (κ2) is 4.25. The van der Waals surface area contributed by atoms with E-state index in [1.165, 1.54) is 10.7 Å². The third-order valence-corrected chi connectivity index (χ3v) is 2.77. The first-order valence-electron chi connectivity index (χ1n) is 5.44. The highest BCUT2D eigenvalue weighted by atomic mass is 19.1. The van der Waals surface area contributed by atoms with Gasteiger partial charge in [-0.15, -0.1) is 0 Å². The van der Waals surface area contributed by atoms with Crippen LogP contribution in [0, 0.1) is 19.7 Å². The van der Waals surface area contributed by atoms with Crippen LogP contribution in [0.1, 0.15) is 21.6 Å². The Hall–Kier alpha value is -2.17. The van der Waals surface area contributed by atoms with E-state index < -0.39 is 5.97 Å². The molecule has 0 saturated heterocycles. The van der Waals surface area contributed by atoms with Crippen molar-refractivity contribution in [1.29, 1.82) is 0 Å². The SMILES string of the molecule is Cc1cc(C)c(F)c(-c2cc(C(=O)O)nn2C)c1. The Morgan fingerprint density at radius 3 is 2.56 bits per heavy atom. The molecule has 1 aromatic heterocycles. The smallest absolute Gasteiger partial charge is 0.356 e. The minimum Gasteiger partial charge on any atom is -0.476 e. The summed E-state index contributed by atoms with van der Waals surface area (Å²) < 4.78 is 15.4. The van der Waals surface area contributed by atoms with Crippen molar-refractivity contribution in [1.82, 2.24) is 9.78 Å². The molecule has 0 bridgehead atoms. The zero-order chi connectivity index (χ0) is 13.4. The number of carboxylic acid groups (broad SMARTS) is 1. The second-order valence-corrected chi connectivity index (χ2v) is 4.29. The maximum atomic E-state index is 14.1. The Morgan fingerprint density at radius 2 is 2.00 bits per heavy atom. The van der Waals surface area contributed by atoms with Crippen molar-refractivity contribution in [3.05, 3.63) is 40.8 Å². The molecule has 18 heavy (non-hydrogen) atoms. The number of aryl methyl sites for hydroxylation is 3. The lowest BCUT2D eigenvalue weighted by atomic mass is 10.0. The van der Waals surface area contributed by atoms with Gasteiger partial charge in [0.15, 0.2) is 5.69 Å². The van der Waals surface area contributed by atoms with E-state index >= 15 is 0 Å². The van der Waals surface area contributed by atoms with Crippen molar-refractivity contribution in [3.8, 4) is 11.3 Å². The van der Waals surface area contributed by atoms with Crippen molar-refractivity contribution in [2.24, 2.45) is 7.05 Å². The molecular formula is C13H13FN2O2. The zero-order valence-electron chi connectivity index (χ0n) is 10.4. The van der Waals surface area contributed by atoms with Crippen LogP contribution >= 0.6 is 0 Å². The zero-order valence-corrected chi connectivity index (χ0v) is 10.4. The monoisotopic (exact) mass is 248 g/mol. The van der Waals surface area contributed by atoms with Gasteiger partial charge in [0.1, 0.15) is 5.82 Å². The molecule has 1 heterocycles. The second-order valence-electron chi connectivity index (χ2n) is 4.29. The number of aromatic carboxylic acids is 1. The molecule has 0 aliphatic carbocycles. The molecule has 2 rings (SSSR count). The lowest BCUT2D eigenvalue weighted by Crippen LogP contribution is -2.00. The molecule has 94 valence electrons. The first-order valence-corrected chi connectivity index (χ1v) is 5.44. The van der Waals surface area contributed by atoms with Crippen LogP contribution in [0.25, 0.3) is 11.3 Å².